The van der Waals surface area contributed by atoms with Crippen molar-refractivity contribution in [2.45, 2.75) is 0 Å². The number of benzene rings is 8. The summed E-state index contributed by atoms with van der Waals surface area (Å²) >= 11 is 0. The Morgan fingerprint density at radius 2 is 0.852 bits per heavy atom. The number of esters is 2. The van der Waals surface area contributed by atoms with E-state index in [1.54, 1.807) is 62.8 Å². The number of carbonyl (C=O) groups excluding carboxylic acids is 2. The highest BCUT2D eigenvalue weighted by molar-refractivity contribution is 6.13. The Morgan fingerprint density at radius 3 is 1.28 bits per heavy atom. The summed E-state index contributed by atoms with van der Waals surface area (Å²) in [5.74, 6) is 2.33. The molecule has 8 aromatic carbocycles. The summed E-state index contributed by atoms with van der Waals surface area (Å²) in [4.78, 5) is 26.0. The average Bonchev–Trinajstić information content (AvgIpc) is 3.52. The van der Waals surface area contributed by atoms with Gasteiger partial charge in [0.15, 0.2) is 0 Å². The molecule has 0 amide bonds. The third-order valence-corrected chi connectivity index (χ3v) is 10.4. The molecular weight excluding hydrogens is 765 g/mol. The molecule has 0 fully saturated rings. The van der Waals surface area contributed by atoms with Crippen LogP contribution in [0.4, 0.5) is 0 Å². The van der Waals surface area contributed by atoms with Crippen molar-refractivity contribution < 1.29 is 38.0 Å². The maximum absolute atomic E-state index is 13.0. The summed E-state index contributed by atoms with van der Waals surface area (Å²) in [5, 5.41) is 4.05. The Bertz CT molecular complexity index is 2800. The molecule has 0 aliphatic carbocycles. The normalized spacial score (nSPS) is 12.0. The van der Waals surface area contributed by atoms with Crippen LogP contribution in [0.15, 0.2) is 158 Å². The molecule has 0 aromatic heterocycles. The molecule has 1 aliphatic rings. The van der Waals surface area contributed by atoms with Gasteiger partial charge in [-0.05, 0) is 82.2 Å². The molecule has 8 heteroatoms. The minimum atomic E-state index is -0.480. The second-order valence-electron chi connectivity index (χ2n) is 14.2. The molecule has 0 saturated heterocycles. The predicted octanol–water partition coefficient (Wildman–Crippen LogP) is 12.2. The quantitative estimate of drug-likeness (QED) is 0.0767. The molecule has 0 N–H and O–H groups in total. The van der Waals surface area contributed by atoms with E-state index in [-0.39, 0.29) is 6.79 Å². The molecule has 0 unspecified atom stereocenters. The van der Waals surface area contributed by atoms with Gasteiger partial charge < -0.3 is 28.4 Å². The first-order chi connectivity index (χ1) is 30.0. The van der Waals surface area contributed by atoms with Crippen LogP contribution in [0.1, 0.15) is 43.0 Å². The van der Waals surface area contributed by atoms with Gasteiger partial charge in [0.2, 0.25) is 6.79 Å². The van der Waals surface area contributed by atoms with E-state index in [9.17, 15) is 9.59 Å². The second kappa shape index (κ2) is 17.0. The fourth-order valence-electron chi connectivity index (χ4n) is 7.52. The zero-order chi connectivity index (χ0) is 41.7. The SMILES string of the molecule is COc1cc(C(=O)Oc2ccccc2)ccc1/C=C/c1cc2ccccc2c2c1OCOc1c(/C=C/c3ccc(C(=O)Oc4ccccc4)cc3OC)cc3ccccc3c1-2. The van der Waals surface area contributed by atoms with E-state index in [1.807, 2.05) is 97.1 Å². The predicted molar refractivity (Wildman–Crippen MR) is 240 cm³/mol. The van der Waals surface area contributed by atoms with Crippen LogP contribution in [-0.4, -0.2) is 33.0 Å². The van der Waals surface area contributed by atoms with Crippen LogP contribution < -0.4 is 28.4 Å². The number of para-hydroxylation sites is 2. The monoisotopic (exact) mass is 802 g/mol. The first-order valence-electron chi connectivity index (χ1n) is 19.6. The fourth-order valence-corrected chi connectivity index (χ4v) is 7.52. The van der Waals surface area contributed by atoms with Crippen molar-refractivity contribution in [1.82, 2.24) is 0 Å². The molecule has 8 aromatic rings. The first-order valence-corrected chi connectivity index (χ1v) is 19.6. The zero-order valence-corrected chi connectivity index (χ0v) is 33.3. The van der Waals surface area contributed by atoms with E-state index in [0.717, 1.165) is 54.9 Å². The summed E-state index contributed by atoms with van der Waals surface area (Å²) in [7, 11) is 3.15. The molecule has 61 heavy (non-hydrogen) atoms. The van der Waals surface area contributed by atoms with Gasteiger partial charge in [0.05, 0.1) is 25.3 Å². The topological polar surface area (TPSA) is 89.5 Å². The maximum Gasteiger partial charge on any atom is 0.343 e. The lowest BCUT2D eigenvalue weighted by atomic mass is 9.88. The van der Waals surface area contributed by atoms with E-state index < -0.39 is 11.9 Å². The number of hydrogen-bond donors (Lipinski definition) is 0. The van der Waals surface area contributed by atoms with Crippen LogP contribution in [-0.2, 0) is 0 Å². The molecular formula is C53H38O8. The standard InChI is InChI=1S/C53H38O8/c1-56-46-31-40(52(54)60-42-15-5-3-6-16-42)27-23-34(46)21-25-38-29-36-13-9-11-19-44(36)48-49-45-20-12-10-14-37(45)30-39(51(49)59-33-58-50(38)48)26-22-35-24-28-41(32-47(35)57-2)53(55)61-43-17-7-4-8-18-43/h3-32H,33H2,1-2H3/b25-21+,26-22+. The van der Waals surface area contributed by atoms with Gasteiger partial charge in [-0.2, -0.15) is 0 Å². The molecule has 298 valence electrons. The van der Waals surface area contributed by atoms with Crippen molar-refractivity contribution in [2.75, 3.05) is 21.0 Å². The Balaban J connectivity index is 1.11. The van der Waals surface area contributed by atoms with Crippen LogP contribution in [0.25, 0.3) is 57.0 Å². The van der Waals surface area contributed by atoms with Gasteiger partial charge in [-0.15, -0.1) is 0 Å². The molecule has 8 nitrogen and oxygen atoms in total. The zero-order valence-electron chi connectivity index (χ0n) is 33.3. The third kappa shape index (κ3) is 7.90. The van der Waals surface area contributed by atoms with Gasteiger partial charge in [0.25, 0.3) is 0 Å². The van der Waals surface area contributed by atoms with Crippen molar-refractivity contribution in [3.63, 3.8) is 0 Å². The van der Waals surface area contributed by atoms with Gasteiger partial charge in [-0.1, -0.05) is 121 Å². The summed E-state index contributed by atoms with van der Waals surface area (Å²) < 4.78 is 35.7. The highest BCUT2D eigenvalue weighted by Crippen LogP contribution is 2.50. The Morgan fingerprint density at radius 1 is 0.459 bits per heavy atom. The van der Waals surface area contributed by atoms with Crippen molar-refractivity contribution in [3.05, 3.63) is 191 Å². The third-order valence-electron chi connectivity index (χ3n) is 10.4. The van der Waals surface area contributed by atoms with E-state index >= 15 is 0 Å². The van der Waals surface area contributed by atoms with Gasteiger partial charge in [-0.25, -0.2) is 9.59 Å². The van der Waals surface area contributed by atoms with Gasteiger partial charge in [-0.3, -0.25) is 0 Å². The minimum absolute atomic E-state index is 0.0402. The van der Waals surface area contributed by atoms with Gasteiger partial charge in [0.1, 0.15) is 34.5 Å². The highest BCUT2D eigenvalue weighted by Gasteiger charge is 2.26. The molecule has 1 heterocycles. The first kappa shape index (κ1) is 38.4. The molecule has 9 rings (SSSR count). The Labute approximate surface area is 352 Å². The number of rotatable bonds is 10. The van der Waals surface area contributed by atoms with Gasteiger partial charge in [0, 0.05) is 33.4 Å². The molecule has 0 bridgehead atoms. The van der Waals surface area contributed by atoms with Gasteiger partial charge >= 0.3 is 11.9 Å². The lowest BCUT2D eigenvalue weighted by Gasteiger charge is -2.17. The van der Waals surface area contributed by atoms with E-state index in [0.29, 0.717) is 45.6 Å². The molecule has 0 saturated carbocycles. The van der Waals surface area contributed by atoms with Crippen molar-refractivity contribution >= 4 is 57.8 Å². The highest BCUT2D eigenvalue weighted by atomic mass is 16.7. The summed E-state index contributed by atoms with van der Waals surface area (Å²) in [6.07, 6.45) is 7.88. The lowest BCUT2D eigenvalue weighted by Crippen LogP contribution is -2.08. The van der Waals surface area contributed by atoms with Crippen molar-refractivity contribution in [1.29, 1.82) is 0 Å². The Hall–Kier alpha value is -8.10. The smallest absolute Gasteiger partial charge is 0.343 e. The summed E-state index contributed by atoms with van der Waals surface area (Å²) in [5.41, 5.74) is 5.74. The molecule has 0 atom stereocenters. The van der Waals surface area contributed by atoms with Crippen LogP contribution in [0.3, 0.4) is 0 Å². The maximum atomic E-state index is 13.0. The lowest BCUT2D eigenvalue weighted by molar-refractivity contribution is 0.0725. The van der Waals surface area contributed by atoms with Crippen LogP contribution >= 0.6 is 0 Å². The van der Waals surface area contributed by atoms with Crippen LogP contribution in [0.5, 0.6) is 34.5 Å². The number of methoxy groups -OCH3 is 2. The van der Waals surface area contributed by atoms with E-state index in [1.165, 1.54) is 0 Å². The van der Waals surface area contributed by atoms with Crippen LogP contribution in [0.2, 0.25) is 0 Å². The number of fused-ring (bicyclic) bond motifs is 7. The molecule has 1 aliphatic heterocycles. The molecule has 0 spiro atoms. The Kier molecular flexibility index (Phi) is 10.7. The minimum Gasteiger partial charge on any atom is -0.496 e. The van der Waals surface area contributed by atoms with Crippen molar-refractivity contribution in [2.24, 2.45) is 0 Å². The molecule has 0 radical (unpaired) electrons. The number of carbonyl (C=O) groups is 2. The second-order valence-corrected chi connectivity index (χ2v) is 14.2. The summed E-state index contributed by atoms with van der Waals surface area (Å²) in [6, 6.07) is 49.0. The van der Waals surface area contributed by atoms with E-state index in [4.69, 9.17) is 28.4 Å². The van der Waals surface area contributed by atoms with Crippen LogP contribution in [0, 0.1) is 0 Å². The average molecular weight is 803 g/mol. The number of ether oxygens (including phenoxy) is 6. The van der Waals surface area contributed by atoms with Crippen molar-refractivity contribution in [3.8, 4) is 45.6 Å². The largest absolute Gasteiger partial charge is 0.496 e. The van der Waals surface area contributed by atoms with E-state index in [2.05, 4.69) is 36.4 Å². The number of hydrogen-bond acceptors (Lipinski definition) is 8. The fraction of sp³-hybridized carbons (Fsp3) is 0.0566. The summed E-state index contributed by atoms with van der Waals surface area (Å²) in [6.45, 7) is -0.0402.